The van der Waals surface area contributed by atoms with Gasteiger partial charge in [-0.1, -0.05) is 19.3 Å². The Morgan fingerprint density at radius 2 is 1.89 bits per heavy atom. The van der Waals surface area contributed by atoms with Crippen LogP contribution in [0.1, 0.15) is 46.0 Å². The molecule has 1 fully saturated rings. The van der Waals surface area contributed by atoms with E-state index in [1.807, 2.05) is 11.9 Å². The number of amides is 1. The second-order valence-corrected chi connectivity index (χ2v) is 5.65. The summed E-state index contributed by atoms with van der Waals surface area (Å²) in [5.74, 6) is 0.202. The van der Waals surface area contributed by atoms with Gasteiger partial charge in [-0.05, 0) is 33.7 Å². The highest BCUT2D eigenvalue weighted by molar-refractivity contribution is 5.78. The van der Waals surface area contributed by atoms with Crippen LogP contribution >= 0.6 is 0 Å². The summed E-state index contributed by atoms with van der Waals surface area (Å²) in [5, 5.41) is 8.88. The molecule has 1 aliphatic carbocycles. The maximum atomic E-state index is 12.4. The summed E-state index contributed by atoms with van der Waals surface area (Å²) in [6, 6.07) is 0.692. The fourth-order valence-electron chi connectivity index (χ4n) is 2.83. The van der Waals surface area contributed by atoms with Crippen molar-refractivity contribution in [1.82, 2.24) is 9.80 Å². The quantitative estimate of drug-likeness (QED) is 0.783. The molecule has 1 saturated carbocycles. The predicted molar refractivity (Wildman–Crippen MR) is 73.4 cm³/mol. The molecule has 0 bridgehead atoms. The molecule has 1 aliphatic rings. The standard InChI is InChI=1S/C14H28N2O2/c1-12(2)16(13-7-5-4-6-8-13)14(18)11-15(3)9-10-17/h12-13,17H,4-11H2,1-3H3. The molecule has 0 spiro atoms. The topological polar surface area (TPSA) is 43.8 Å². The number of hydrogen-bond donors (Lipinski definition) is 1. The first-order chi connectivity index (χ1) is 8.56. The Bertz CT molecular complexity index is 250. The Hall–Kier alpha value is -0.610. The third-order valence-corrected chi connectivity index (χ3v) is 3.70. The zero-order chi connectivity index (χ0) is 13.5. The third-order valence-electron chi connectivity index (χ3n) is 3.70. The Balaban J connectivity index is 2.57. The SMILES string of the molecule is CC(C)N(C(=O)CN(C)CCO)C1CCCCC1. The first-order valence-electron chi connectivity index (χ1n) is 7.16. The zero-order valence-electron chi connectivity index (χ0n) is 12.1. The van der Waals surface area contributed by atoms with Crippen molar-refractivity contribution in [1.29, 1.82) is 0 Å². The second kappa shape index (κ2) is 7.74. The van der Waals surface area contributed by atoms with Gasteiger partial charge in [-0.3, -0.25) is 9.69 Å². The van der Waals surface area contributed by atoms with Crippen LogP contribution in [0.2, 0.25) is 0 Å². The summed E-state index contributed by atoms with van der Waals surface area (Å²) in [6.07, 6.45) is 6.09. The van der Waals surface area contributed by atoms with E-state index >= 15 is 0 Å². The lowest BCUT2D eigenvalue weighted by Gasteiger charge is -2.38. The number of hydrogen-bond acceptors (Lipinski definition) is 3. The molecule has 1 rings (SSSR count). The lowest BCUT2D eigenvalue weighted by atomic mass is 9.93. The van der Waals surface area contributed by atoms with E-state index in [0.717, 1.165) is 12.8 Å². The first-order valence-corrected chi connectivity index (χ1v) is 7.16. The van der Waals surface area contributed by atoms with Gasteiger partial charge in [-0.2, -0.15) is 0 Å². The fraction of sp³-hybridized carbons (Fsp3) is 0.929. The third kappa shape index (κ3) is 4.58. The lowest BCUT2D eigenvalue weighted by Crippen LogP contribution is -2.49. The van der Waals surface area contributed by atoms with E-state index in [0.29, 0.717) is 19.1 Å². The molecule has 106 valence electrons. The molecule has 18 heavy (non-hydrogen) atoms. The monoisotopic (exact) mass is 256 g/mol. The molecule has 4 heteroatoms. The van der Waals surface area contributed by atoms with Gasteiger partial charge in [0.15, 0.2) is 0 Å². The molecule has 0 heterocycles. The highest BCUT2D eigenvalue weighted by Crippen LogP contribution is 2.24. The highest BCUT2D eigenvalue weighted by atomic mass is 16.3. The molecule has 0 atom stereocenters. The molecule has 0 saturated heterocycles. The van der Waals surface area contributed by atoms with Crippen molar-refractivity contribution in [3.63, 3.8) is 0 Å². The van der Waals surface area contributed by atoms with Gasteiger partial charge < -0.3 is 10.0 Å². The van der Waals surface area contributed by atoms with Gasteiger partial charge >= 0.3 is 0 Å². The minimum Gasteiger partial charge on any atom is -0.395 e. The van der Waals surface area contributed by atoms with Gasteiger partial charge in [0.25, 0.3) is 0 Å². The largest absolute Gasteiger partial charge is 0.395 e. The van der Waals surface area contributed by atoms with E-state index in [1.165, 1.54) is 19.3 Å². The number of carbonyl (C=O) groups is 1. The zero-order valence-corrected chi connectivity index (χ0v) is 12.1. The van der Waals surface area contributed by atoms with Gasteiger partial charge in [0, 0.05) is 18.6 Å². The number of likely N-dealkylation sites (N-methyl/N-ethyl adjacent to an activating group) is 1. The summed E-state index contributed by atoms with van der Waals surface area (Å²) in [5.41, 5.74) is 0. The summed E-state index contributed by atoms with van der Waals surface area (Å²) in [4.78, 5) is 16.3. The van der Waals surface area contributed by atoms with Gasteiger partial charge in [0.2, 0.25) is 5.91 Å². The number of nitrogens with zero attached hydrogens (tertiary/aromatic N) is 2. The molecule has 0 aliphatic heterocycles. The van der Waals surface area contributed by atoms with Crippen LogP contribution in [-0.2, 0) is 4.79 Å². The van der Waals surface area contributed by atoms with E-state index in [2.05, 4.69) is 18.7 Å². The van der Waals surface area contributed by atoms with Crippen LogP contribution in [0.15, 0.2) is 0 Å². The van der Waals surface area contributed by atoms with E-state index in [9.17, 15) is 4.79 Å². The van der Waals surface area contributed by atoms with Gasteiger partial charge in [0.05, 0.1) is 13.2 Å². The fourth-order valence-corrected chi connectivity index (χ4v) is 2.83. The Labute approximate surface area is 111 Å². The van der Waals surface area contributed by atoms with Crippen LogP contribution in [0.3, 0.4) is 0 Å². The molecule has 0 aromatic heterocycles. The van der Waals surface area contributed by atoms with Gasteiger partial charge in [-0.25, -0.2) is 0 Å². The number of aliphatic hydroxyl groups is 1. The maximum Gasteiger partial charge on any atom is 0.237 e. The minimum absolute atomic E-state index is 0.106. The van der Waals surface area contributed by atoms with Crippen molar-refractivity contribution < 1.29 is 9.90 Å². The van der Waals surface area contributed by atoms with Gasteiger partial charge in [-0.15, -0.1) is 0 Å². The van der Waals surface area contributed by atoms with Crippen molar-refractivity contribution in [2.45, 2.75) is 58.0 Å². The summed E-state index contributed by atoms with van der Waals surface area (Å²) < 4.78 is 0. The Morgan fingerprint density at radius 1 is 1.28 bits per heavy atom. The van der Waals surface area contributed by atoms with Crippen LogP contribution in [0.25, 0.3) is 0 Å². The number of carbonyl (C=O) groups excluding carboxylic acids is 1. The molecule has 0 radical (unpaired) electrons. The second-order valence-electron chi connectivity index (χ2n) is 5.65. The summed E-state index contributed by atoms with van der Waals surface area (Å²) in [6.45, 7) is 5.27. The smallest absolute Gasteiger partial charge is 0.237 e. The van der Waals surface area contributed by atoms with Crippen LogP contribution in [-0.4, -0.2) is 59.6 Å². The van der Waals surface area contributed by atoms with E-state index in [-0.39, 0.29) is 18.6 Å². The van der Waals surface area contributed by atoms with E-state index < -0.39 is 0 Å². The van der Waals surface area contributed by atoms with E-state index in [4.69, 9.17) is 5.11 Å². The van der Waals surface area contributed by atoms with Crippen LogP contribution < -0.4 is 0 Å². The lowest BCUT2D eigenvalue weighted by molar-refractivity contribution is -0.137. The first kappa shape index (κ1) is 15.4. The van der Waals surface area contributed by atoms with Crippen LogP contribution in [0.4, 0.5) is 0 Å². The molecular weight excluding hydrogens is 228 g/mol. The Morgan fingerprint density at radius 3 is 2.39 bits per heavy atom. The van der Waals surface area contributed by atoms with Crippen LogP contribution in [0.5, 0.6) is 0 Å². The summed E-state index contributed by atoms with van der Waals surface area (Å²) in [7, 11) is 1.88. The number of aliphatic hydroxyl groups excluding tert-OH is 1. The van der Waals surface area contributed by atoms with Gasteiger partial charge in [0.1, 0.15) is 0 Å². The van der Waals surface area contributed by atoms with Crippen molar-refractivity contribution in [3.8, 4) is 0 Å². The van der Waals surface area contributed by atoms with Crippen molar-refractivity contribution in [3.05, 3.63) is 0 Å². The van der Waals surface area contributed by atoms with Crippen LogP contribution in [0, 0.1) is 0 Å². The average Bonchev–Trinajstić information content (AvgIpc) is 2.30. The summed E-state index contributed by atoms with van der Waals surface area (Å²) >= 11 is 0. The maximum absolute atomic E-state index is 12.4. The predicted octanol–water partition coefficient (Wildman–Crippen LogP) is 1.48. The number of rotatable bonds is 6. The van der Waals surface area contributed by atoms with Crippen molar-refractivity contribution in [2.24, 2.45) is 0 Å². The molecule has 0 aromatic rings. The average molecular weight is 256 g/mol. The minimum atomic E-state index is 0.106. The molecule has 1 N–H and O–H groups in total. The molecule has 0 aromatic carbocycles. The molecule has 4 nitrogen and oxygen atoms in total. The molecule has 1 amide bonds. The molecule has 0 unspecified atom stereocenters. The Kier molecular flexibility index (Phi) is 6.65. The highest BCUT2D eigenvalue weighted by Gasteiger charge is 2.27. The molecular formula is C14H28N2O2. The van der Waals surface area contributed by atoms with E-state index in [1.54, 1.807) is 0 Å². The van der Waals surface area contributed by atoms with Crippen molar-refractivity contribution >= 4 is 5.91 Å². The normalized spacial score (nSPS) is 17.4. The van der Waals surface area contributed by atoms with Crippen molar-refractivity contribution in [2.75, 3.05) is 26.7 Å².